The van der Waals surface area contributed by atoms with Crippen molar-refractivity contribution in [3.63, 3.8) is 0 Å². The predicted molar refractivity (Wildman–Crippen MR) is 68.5 cm³/mol. The van der Waals surface area contributed by atoms with Crippen molar-refractivity contribution in [3.8, 4) is 0 Å². The number of benzene rings is 1. The van der Waals surface area contributed by atoms with Crippen molar-refractivity contribution in [2.45, 2.75) is 26.4 Å². The lowest BCUT2D eigenvalue weighted by molar-refractivity contribution is 0.501. The fourth-order valence-corrected chi connectivity index (χ4v) is 2.39. The summed E-state index contributed by atoms with van der Waals surface area (Å²) >= 11 is 1.62. The number of halogens is 2. The second-order valence-corrected chi connectivity index (χ2v) is 5.44. The Bertz CT molecular complexity index is 540. The van der Waals surface area contributed by atoms with Gasteiger partial charge in [-0.3, -0.25) is 0 Å². The second-order valence-electron chi connectivity index (χ2n) is 4.12. The molecule has 0 aliphatic carbocycles. The largest absolute Gasteiger partial charge is 0.305 e. The molecular formula is C13H14F2N2S. The van der Waals surface area contributed by atoms with Crippen LogP contribution in [0.2, 0.25) is 0 Å². The Balaban J connectivity index is 1.99. The van der Waals surface area contributed by atoms with Crippen molar-refractivity contribution in [3.05, 3.63) is 51.5 Å². The Morgan fingerprint density at radius 2 is 2.11 bits per heavy atom. The normalized spacial score (nSPS) is 12.7. The Hall–Kier alpha value is -1.33. The summed E-state index contributed by atoms with van der Waals surface area (Å²) in [5.41, 5.74) is 0.732. The van der Waals surface area contributed by atoms with Crippen LogP contribution in [0.5, 0.6) is 0 Å². The molecule has 0 saturated heterocycles. The van der Waals surface area contributed by atoms with Gasteiger partial charge in [-0.2, -0.15) is 0 Å². The van der Waals surface area contributed by atoms with Gasteiger partial charge in [0.25, 0.3) is 0 Å². The van der Waals surface area contributed by atoms with Gasteiger partial charge in [0.05, 0.1) is 5.01 Å². The average Bonchev–Trinajstić information content (AvgIpc) is 2.75. The first kappa shape index (κ1) is 13.1. The first-order valence-electron chi connectivity index (χ1n) is 5.66. The molecule has 1 aromatic carbocycles. The third-order valence-electron chi connectivity index (χ3n) is 2.70. The van der Waals surface area contributed by atoms with Crippen LogP contribution in [0.25, 0.3) is 0 Å². The molecule has 0 amide bonds. The molecule has 1 aromatic heterocycles. The molecule has 96 valence electrons. The van der Waals surface area contributed by atoms with E-state index in [1.54, 1.807) is 17.4 Å². The van der Waals surface area contributed by atoms with Crippen LogP contribution in [0.3, 0.4) is 0 Å². The lowest BCUT2D eigenvalue weighted by Crippen LogP contribution is -2.17. The van der Waals surface area contributed by atoms with Crippen molar-refractivity contribution in [1.29, 1.82) is 0 Å². The highest BCUT2D eigenvalue weighted by Gasteiger charge is 2.09. The molecule has 18 heavy (non-hydrogen) atoms. The molecule has 0 bridgehead atoms. The van der Waals surface area contributed by atoms with Gasteiger partial charge >= 0.3 is 0 Å². The zero-order valence-electron chi connectivity index (χ0n) is 10.2. The Labute approximate surface area is 109 Å². The molecule has 2 nitrogen and oxygen atoms in total. The molecule has 0 saturated carbocycles. The third kappa shape index (κ3) is 3.11. The molecule has 0 spiro atoms. The minimum absolute atomic E-state index is 0.0393. The topological polar surface area (TPSA) is 24.9 Å². The maximum Gasteiger partial charge on any atom is 0.159 e. The van der Waals surface area contributed by atoms with Crippen LogP contribution in [0.15, 0.2) is 24.4 Å². The van der Waals surface area contributed by atoms with Crippen LogP contribution in [0.4, 0.5) is 8.78 Å². The molecule has 2 aromatic rings. The molecule has 0 aliphatic rings. The van der Waals surface area contributed by atoms with E-state index in [1.165, 1.54) is 6.07 Å². The predicted octanol–water partition coefficient (Wildman–Crippen LogP) is 3.58. The van der Waals surface area contributed by atoms with Crippen molar-refractivity contribution >= 4 is 11.3 Å². The van der Waals surface area contributed by atoms with Crippen LogP contribution in [0.1, 0.15) is 28.4 Å². The maximum absolute atomic E-state index is 13.1. The minimum atomic E-state index is -0.816. The van der Waals surface area contributed by atoms with E-state index in [0.717, 1.165) is 21.5 Å². The van der Waals surface area contributed by atoms with E-state index in [-0.39, 0.29) is 6.04 Å². The molecular weight excluding hydrogens is 254 g/mol. The minimum Gasteiger partial charge on any atom is -0.305 e. The average molecular weight is 268 g/mol. The Kier molecular flexibility index (Phi) is 4.04. The summed E-state index contributed by atoms with van der Waals surface area (Å²) in [6.07, 6.45) is 1.82. The van der Waals surface area contributed by atoms with Gasteiger partial charge in [0.2, 0.25) is 0 Å². The van der Waals surface area contributed by atoms with E-state index in [4.69, 9.17) is 0 Å². The van der Waals surface area contributed by atoms with E-state index in [2.05, 4.69) is 10.3 Å². The molecule has 0 fully saturated rings. The van der Waals surface area contributed by atoms with E-state index in [0.29, 0.717) is 6.54 Å². The fraction of sp³-hybridized carbons (Fsp3) is 0.308. The number of nitrogens with one attached hydrogen (secondary N) is 1. The van der Waals surface area contributed by atoms with Crippen LogP contribution in [-0.4, -0.2) is 4.98 Å². The van der Waals surface area contributed by atoms with Crippen LogP contribution < -0.4 is 5.32 Å². The smallest absolute Gasteiger partial charge is 0.159 e. The maximum atomic E-state index is 13.1. The van der Waals surface area contributed by atoms with Gasteiger partial charge in [0, 0.05) is 23.7 Å². The first-order valence-corrected chi connectivity index (χ1v) is 6.47. The molecule has 0 radical (unpaired) electrons. The van der Waals surface area contributed by atoms with Gasteiger partial charge in [-0.1, -0.05) is 6.07 Å². The molecule has 5 heteroatoms. The van der Waals surface area contributed by atoms with Gasteiger partial charge in [0.15, 0.2) is 11.6 Å². The number of hydrogen-bond acceptors (Lipinski definition) is 3. The van der Waals surface area contributed by atoms with Crippen molar-refractivity contribution < 1.29 is 8.78 Å². The van der Waals surface area contributed by atoms with Crippen molar-refractivity contribution in [2.75, 3.05) is 0 Å². The number of rotatable bonds is 4. The van der Waals surface area contributed by atoms with E-state index >= 15 is 0 Å². The van der Waals surface area contributed by atoms with Gasteiger partial charge in [0.1, 0.15) is 0 Å². The lowest BCUT2D eigenvalue weighted by Gasteiger charge is -2.13. The fourth-order valence-electron chi connectivity index (χ4n) is 1.64. The molecule has 1 atom stereocenters. The first-order chi connectivity index (χ1) is 8.56. The second kappa shape index (κ2) is 5.54. The van der Waals surface area contributed by atoms with E-state index in [1.807, 2.05) is 20.0 Å². The highest BCUT2D eigenvalue weighted by molar-refractivity contribution is 7.11. The number of aromatic nitrogens is 1. The highest BCUT2D eigenvalue weighted by Crippen LogP contribution is 2.17. The van der Waals surface area contributed by atoms with E-state index < -0.39 is 11.6 Å². The third-order valence-corrected chi connectivity index (χ3v) is 3.61. The van der Waals surface area contributed by atoms with Crippen molar-refractivity contribution in [1.82, 2.24) is 10.3 Å². The SMILES string of the molecule is Cc1ncc(CNC(C)c2ccc(F)c(F)c2)s1. The summed E-state index contributed by atoms with van der Waals surface area (Å²) < 4.78 is 25.9. The number of nitrogens with zero attached hydrogens (tertiary/aromatic N) is 1. The van der Waals surface area contributed by atoms with Gasteiger partial charge in [-0.05, 0) is 31.5 Å². The molecule has 1 N–H and O–H groups in total. The zero-order chi connectivity index (χ0) is 13.1. The summed E-state index contributed by atoms with van der Waals surface area (Å²) in [6.45, 7) is 4.54. The number of aryl methyl sites for hydroxylation is 1. The quantitative estimate of drug-likeness (QED) is 0.916. The Morgan fingerprint density at radius 1 is 1.33 bits per heavy atom. The highest BCUT2D eigenvalue weighted by atomic mass is 32.1. The number of thiazole rings is 1. The molecule has 1 unspecified atom stereocenters. The lowest BCUT2D eigenvalue weighted by atomic mass is 10.1. The number of hydrogen-bond donors (Lipinski definition) is 1. The van der Waals surface area contributed by atoms with E-state index in [9.17, 15) is 8.78 Å². The van der Waals surface area contributed by atoms with Gasteiger partial charge in [-0.25, -0.2) is 13.8 Å². The molecule has 2 rings (SSSR count). The Morgan fingerprint density at radius 3 is 2.72 bits per heavy atom. The van der Waals surface area contributed by atoms with Gasteiger partial charge < -0.3 is 5.32 Å². The monoisotopic (exact) mass is 268 g/mol. The summed E-state index contributed by atoms with van der Waals surface area (Å²) in [6, 6.07) is 3.93. The summed E-state index contributed by atoms with van der Waals surface area (Å²) in [5.74, 6) is -1.63. The zero-order valence-corrected chi connectivity index (χ0v) is 11.0. The van der Waals surface area contributed by atoms with Gasteiger partial charge in [-0.15, -0.1) is 11.3 Å². The summed E-state index contributed by atoms with van der Waals surface area (Å²) in [7, 11) is 0. The molecule has 1 heterocycles. The standard InChI is InChI=1S/C13H14F2N2S/c1-8(10-3-4-12(14)13(15)5-10)16-6-11-7-17-9(2)18-11/h3-5,7-8,16H,6H2,1-2H3. The van der Waals surface area contributed by atoms with Crippen LogP contribution in [0, 0.1) is 18.6 Å². The van der Waals surface area contributed by atoms with Crippen LogP contribution in [-0.2, 0) is 6.54 Å². The summed E-state index contributed by atoms with van der Waals surface area (Å²) in [4.78, 5) is 5.29. The van der Waals surface area contributed by atoms with Crippen LogP contribution >= 0.6 is 11.3 Å². The summed E-state index contributed by atoms with van der Waals surface area (Å²) in [5, 5.41) is 4.28. The molecule has 0 aliphatic heterocycles. The van der Waals surface area contributed by atoms with Crippen molar-refractivity contribution in [2.24, 2.45) is 0 Å².